The van der Waals surface area contributed by atoms with Gasteiger partial charge in [-0.25, -0.2) is 0 Å². The van der Waals surface area contributed by atoms with E-state index in [0.29, 0.717) is 0 Å². The van der Waals surface area contributed by atoms with Crippen molar-refractivity contribution in [3.63, 3.8) is 0 Å². The van der Waals surface area contributed by atoms with Gasteiger partial charge in [0.05, 0.1) is 13.1 Å². The maximum absolute atomic E-state index is 12.0. The summed E-state index contributed by atoms with van der Waals surface area (Å²) < 4.78 is 0. The molecule has 0 spiro atoms. The Morgan fingerprint density at radius 1 is 1.37 bits per heavy atom. The first-order valence-corrected chi connectivity index (χ1v) is 6.35. The molecular formula is C14H18N2O3. The highest BCUT2D eigenvalue weighted by molar-refractivity contribution is 5.97. The number of aliphatic carboxylic acids is 1. The quantitative estimate of drug-likeness (QED) is 0.882. The fourth-order valence-electron chi connectivity index (χ4n) is 2.25. The van der Waals surface area contributed by atoms with Crippen molar-refractivity contribution in [2.24, 2.45) is 0 Å². The van der Waals surface area contributed by atoms with E-state index in [4.69, 9.17) is 5.11 Å². The van der Waals surface area contributed by atoms with Crippen LogP contribution in [0.5, 0.6) is 0 Å². The van der Waals surface area contributed by atoms with Crippen molar-refractivity contribution >= 4 is 17.6 Å². The van der Waals surface area contributed by atoms with Crippen LogP contribution in [0.2, 0.25) is 0 Å². The number of anilines is 1. The molecule has 1 atom stereocenters. The molecule has 1 aromatic carbocycles. The van der Waals surface area contributed by atoms with Crippen molar-refractivity contribution in [1.82, 2.24) is 4.90 Å². The van der Waals surface area contributed by atoms with Gasteiger partial charge in [-0.15, -0.1) is 0 Å². The number of aryl methyl sites for hydroxylation is 1. The largest absolute Gasteiger partial charge is 0.480 e. The van der Waals surface area contributed by atoms with Crippen LogP contribution in [0.4, 0.5) is 5.69 Å². The molecule has 19 heavy (non-hydrogen) atoms. The van der Waals surface area contributed by atoms with Gasteiger partial charge in [-0.05, 0) is 31.2 Å². The molecule has 1 amide bonds. The molecule has 0 radical (unpaired) electrons. The zero-order valence-electron chi connectivity index (χ0n) is 11.2. The van der Waals surface area contributed by atoms with E-state index in [9.17, 15) is 9.59 Å². The molecule has 1 aromatic rings. The smallest absolute Gasteiger partial charge is 0.322 e. The fourth-order valence-corrected chi connectivity index (χ4v) is 2.25. The van der Waals surface area contributed by atoms with Crippen molar-refractivity contribution in [3.8, 4) is 0 Å². The Morgan fingerprint density at radius 3 is 2.53 bits per heavy atom. The van der Waals surface area contributed by atoms with Crippen molar-refractivity contribution in [2.75, 3.05) is 25.0 Å². The van der Waals surface area contributed by atoms with Gasteiger partial charge in [0, 0.05) is 5.69 Å². The van der Waals surface area contributed by atoms with Gasteiger partial charge in [-0.1, -0.05) is 19.1 Å². The van der Waals surface area contributed by atoms with Crippen LogP contribution >= 0.6 is 0 Å². The number of carboxylic acid groups (broad SMARTS) is 1. The molecule has 1 aliphatic rings. The zero-order valence-corrected chi connectivity index (χ0v) is 11.2. The number of carboxylic acids is 1. The summed E-state index contributed by atoms with van der Waals surface area (Å²) in [5.74, 6) is -0.963. The van der Waals surface area contributed by atoms with E-state index in [2.05, 4.69) is 6.92 Å². The van der Waals surface area contributed by atoms with Gasteiger partial charge in [0.15, 0.2) is 0 Å². The van der Waals surface area contributed by atoms with E-state index in [0.717, 1.165) is 12.1 Å². The average molecular weight is 262 g/mol. The Morgan fingerprint density at radius 2 is 2.00 bits per heavy atom. The summed E-state index contributed by atoms with van der Waals surface area (Å²) >= 11 is 0. The maximum Gasteiger partial charge on any atom is 0.322 e. The van der Waals surface area contributed by atoms with Crippen LogP contribution < -0.4 is 4.90 Å². The lowest BCUT2D eigenvalue weighted by Gasteiger charge is -2.36. The monoisotopic (exact) mass is 262 g/mol. The minimum atomic E-state index is -0.898. The highest BCUT2D eigenvalue weighted by atomic mass is 16.4. The molecule has 5 heteroatoms. The number of carbonyl (C=O) groups is 2. The van der Waals surface area contributed by atoms with E-state index in [-0.39, 0.29) is 19.0 Å². The summed E-state index contributed by atoms with van der Waals surface area (Å²) in [5, 5.41) is 9.16. The van der Waals surface area contributed by atoms with Crippen LogP contribution in [0, 0.1) is 0 Å². The van der Waals surface area contributed by atoms with Gasteiger partial charge in [0.2, 0.25) is 5.91 Å². The predicted molar refractivity (Wildman–Crippen MR) is 72.2 cm³/mol. The van der Waals surface area contributed by atoms with Crippen molar-refractivity contribution in [1.29, 1.82) is 0 Å². The molecule has 0 saturated carbocycles. The topological polar surface area (TPSA) is 60.9 Å². The summed E-state index contributed by atoms with van der Waals surface area (Å²) in [6.45, 7) is 2.39. The van der Waals surface area contributed by atoms with E-state index in [1.54, 1.807) is 16.8 Å². The minimum Gasteiger partial charge on any atom is -0.480 e. The van der Waals surface area contributed by atoms with Gasteiger partial charge < -0.3 is 10.0 Å². The maximum atomic E-state index is 12.0. The zero-order chi connectivity index (χ0) is 14.0. The number of piperazine rings is 1. The lowest BCUT2D eigenvalue weighted by atomic mass is 10.1. The standard InChI is InChI=1S/C14H18N2O3/c1-3-10-4-6-11(7-5-10)16-8-12(14(18)19)15(2)9-13(16)17/h4-7,12H,3,8-9H2,1-2H3,(H,18,19). The molecule has 1 aliphatic heterocycles. The summed E-state index contributed by atoms with van der Waals surface area (Å²) in [6.07, 6.45) is 0.939. The van der Waals surface area contributed by atoms with Gasteiger partial charge in [0.25, 0.3) is 0 Å². The predicted octanol–water partition coefficient (Wildman–Crippen LogP) is 0.981. The van der Waals surface area contributed by atoms with Gasteiger partial charge >= 0.3 is 5.97 Å². The molecule has 1 fully saturated rings. The van der Waals surface area contributed by atoms with Crippen molar-refractivity contribution in [2.45, 2.75) is 19.4 Å². The second-order valence-electron chi connectivity index (χ2n) is 4.79. The Balaban J connectivity index is 2.22. The summed E-state index contributed by atoms with van der Waals surface area (Å²) in [5.41, 5.74) is 1.96. The molecule has 0 bridgehead atoms. The van der Waals surface area contributed by atoms with E-state index < -0.39 is 12.0 Å². The van der Waals surface area contributed by atoms with E-state index in [1.807, 2.05) is 24.3 Å². The third kappa shape index (κ3) is 2.76. The van der Waals surface area contributed by atoms with Crippen LogP contribution in [0.1, 0.15) is 12.5 Å². The van der Waals surface area contributed by atoms with Crippen LogP contribution in [-0.4, -0.2) is 48.1 Å². The molecule has 1 unspecified atom stereocenters. The van der Waals surface area contributed by atoms with Crippen LogP contribution in [0.15, 0.2) is 24.3 Å². The lowest BCUT2D eigenvalue weighted by molar-refractivity contribution is -0.144. The van der Waals surface area contributed by atoms with E-state index in [1.165, 1.54) is 5.56 Å². The Bertz CT molecular complexity index is 484. The normalized spacial score (nSPS) is 20.6. The first kappa shape index (κ1) is 13.5. The van der Waals surface area contributed by atoms with Crippen LogP contribution in [0.25, 0.3) is 0 Å². The third-order valence-corrected chi connectivity index (χ3v) is 3.51. The molecule has 2 rings (SSSR count). The van der Waals surface area contributed by atoms with Gasteiger partial charge in [-0.3, -0.25) is 14.5 Å². The number of rotatable bonds is 3. The van der Waals surface area contributed by atoms with Crippen molar-refractivity contribution in [3.05, 3.63) is 29.8 Å². The average Bonchev–Trinajstić information content (AvgIpc) is 2.38. The number of likely N-dealkylation sites (N-methyl/N-ethyl adjacent to an activating group) is 1. The number of nitrogens with zero attached hydrogens (tertiary/aromatic N) is 2. The summed E-state index contributed by atoms with van der Waals surface area (Å²) in [7, 11) is 1.66. The number of carbonyl (C=O) groups excluding carboxylic acids is 1. The van der Waals surface area contributed by atoms with Crippen molar-refractivity contribution < 1.29 is 14.7 Å². The highest BCUT2D eigenvalue weighted by Crippen LogP contribution is 2.20. The molecule has 1 saturated heterocycles. The third-order valence-electron chi connectivity index (χ3n) is 3.51. The molecule has 5 nitrogen and oxygen atoms in total. The first-order valence-electron chi connectivity index (χ1n) is 6.35. The Labute approximate surface area is 112 Å². The number of amides is 1. The van der Waals surface area contributed by atoms with E-state index >= 15 is 0 Å². The summed E-state index contributed by atoms with van der Waals surface area (Å²) in [6, 6.07) is 7.04. The molecule has 1 N–H and O–H groups in total. The number of hydrogen-bond acceptors (Lipinski definition) is 3. The van der Waals surface area contributed by atoms with Gasteiger partial charge in [0.1, 0.15) is 6.04 Å². The van der Waals surface area contributed by atoms with Crippen LogP contribution in [0.3, 0.4) is 0 Å². The second kappa shape index (κ2) is 5.40. The minimum absolute atomic E-state index is 0.0655. The molecule has 0 aromatic heterocycles. The number of hydrogen-bond donors (Lipinski definition) is 1. The molecular weight excluding hydrogens is 244 g/mol. The Kier molecular flexibility index (Phi) is 3.85. The molecule has 102 valence electrons. The molecule has 0 aliphatic carbocycles. The lowest BCUT2D eigenvalue weighted by Crippen LogP contribution is -2.57. The fraction of sp³-hybridized carbons (Fsp3) is 0.429. The SMILES string of the molecule is CCc1ccc(N2CC(C(=O)O)N(C)CC2=O)cc1. The summed E-state index contributed by atoms with van der Waals surface area (Å²) in [4.78, 5) is 26.3. The second-order valence-corrected chi connectivity index (χ2v) is 4.79. The van der Waals surface area contributed by atoms with Crippen LogP contribution in [-0.2, 0) is 16.0 Å². The molecule has 1 heterocycles. The first-order chi connectivity index (χ1) is 9.02. The Hall–Kier alpha value is -1.88. The number of benzene rings is 1. The van der Waals surface area contributed by atoms with Gasteiger partial charge in [-0.2, -0.15) is 0 Å². The highest BCUT2D eigenvalue weighted by Gasteiger charge is 2.34.